The molecule has 2 heteroatoms. The standard InChI is InChI=1S/C29H33N2/c1-20(2)25-19-23-10-8-18-31-17-7-6-12-27(31)29(23)28-21(3)13-14-22-9-4-5-11-26(22)30-16-15-24(25)28/h4-7,9,11-14,17,19-21,30H,8,10,15-16,18H2,1-3H3/q+1. The van der Waals surface area contributed by atoms with E-state index in [1.54, 1.807) is 11.1 Å². The van der Waals surface area contributed by atoms with E-state index in [-0.39, 0.29) is 0 Å². The number of anilines is 1. The van der Waals surface area contributed by atoms with Gasteiger partial charge in [-0.15, -0.1) is 0 Å². The van der Waals surface area contributed by atoms with Crippen LogP contribution in [0.15, 0.2) is 60.8 Å². The summed E-state index contributed by atoms with van der Waals surface area (Å²) in [5, 5.41) is 3.71. The third kappa shape index (κ3) is 3.69. The second kappa shape index (κ2) is 8.34. The van der Waals surface area contributed by atoms with Crippen molar-refractivity contribution >= 4 is 11.8 Å². The van der Waals surface area contributed by atoms with Crippen molar-refractivity contribution in [3.8, 4) is 11.3 Å². The fourth-order valence-electron chi connectivity index (χ4n) is 5.43. The number of aromatic nitrogens is 1. The molecule has 2 aromatic carbocycles. The maximum atomic E-state index is 3.71. The van der Waals surface area contributed by atoms with Crippen molar-refractivity contribution in [2.45, 2.75) is 58.4 Å². The molecule has 1 unspecified atom stereocenters. The predicted molar refractivity (Wildman–Crippen MR) is 131 cm³/mol. The van der Waals surface area contributed by atoms with E-state index in [2.05, 4.69) is 97.5 Å². The highest BCUT2D eigenvalue weighted by atomic mass is 15.0. The van der Waals surface area contributed by atoms with Crippen LogP contribution < -0.4 is 9.88 Å². The van der Waals surface area contributed by atoms with Gasteiger partial charge in [-0.25, -0.2) is 0 Å². The van der Waals surface area contributed by atoms with Gasteiger partial charge in [0, 0.05) is 36.7 Å². The maximum absolute atomic E-state index is 3.71. The summed E-state index contributed by atoms with van der Waals surface area (Å²) in [6.07, 6.45) is 10.4. The molecule has 0 radical (unpaired) electrons. The minimum Gasteiger partial charge on any atom is -0.384 e. The molecule has 5 rings (SSSR count). The summed E-state index contributed by atoms with van der Waals surface area (Å²) >= 11 is 0. The number of aryl methyl sites for hydroxylation is 2. The minimum atomic E-state index is 0.361. The molecule has 0 amide bonds. The number of nitrogens with zero attached hydrogens (tertiary/aromatic N) is 1. The first kappa shape index (κ1) is 20.1. The molecule has 3 aromatic rings. The van der Waals surface area contributed by atoms with E-state index in [1.165, 1.54) is 40.1 Å². The number of hydrogen-bond acceptors (Lipinski definition) is 1. The molecule has 1 atom stereocenters. The molecular weight excluding hydrogens is 376 g/mol. The number of pyridine rings is 1. The van der Waals surface area contributed by atoms with Crippen LogP contribution in [0.4, 0.5) is 5.69 Å². The van der Waals surface area contributed by atoms with Crippen molar-refractivity contribution in [3.63, 3.8) is 0 Å². The Balaban J connectivity index is 1.78. The quantitative estimate of drug-likeness (QED) is 0.454. The van der Waals surface area contributed by atoms with Crippen LogP contribution in [0, 0.1) is 0 Å². The van der Waals surface area contributed by atoms with Crippen molar-refractivity contribution in [2.24, 2.45) is 0 Å². The largest absolute Gasteiger partial charge is 0.384 e. The minimum absolute atomic E-state index is 0.361. The molecule has 0 aliphatic carbocycles. The second-order valence-electron chi connectivity index (χ2n) is 9.34. The van der Waals surface area contributed by atoms with E-state index in [9.17, 15) is 0 Å². The van der Waals surface area contributed by atoms with Gasteiger partial charge in [0.05, 0.1) is 5.56 Å². The number of para-hydroxylation sites is 1. The van der Waals surface area contributed by atoms with Gasteiger partial charge >= 0.3 is 0 Å². The first-order valence-electron chi connectivity index (χ1n) is 11.8. The van der Waals surface area contributed by atoms with Crippen molar-refractivity contribution in [3.05, 3.63) is 88.6 Å². The van der Waals surface area contributed by atoms with Gasteiger partial charge in [-0.2, -0.15) is 4.57 Å². The first-order valence-corrected chi connectivity index (χ1v) is 11.8. The van der Waals surface area contributed by atoms with Crippen LogP contribution in [0.1, 0.15) is 66.8 Å². The van der Waals surface area contributed by atoms with E-state index < -0.39 is 0 Å². The van der Waals surface area contributed by atoms with Crippen LogP contribution in [0.3, 0.4) is 0 Å². The summed E-state index contributed by atoms with van der Waals surface area (Å²) in [7, 11) is 0. The summed E-state index contributed by atoms with van der Waals surface area (Å²) in [4.78, 5) is 0. The lowest BCUT2D eigenvalue weighted by Gasteiger charge is -2.26. The Morgan fingerprint density at radius 3 is 2.74 bits per heavy atom. The molecule has 0 saturated carbocycles. The lowest BCUT2D eigenvalue weighted by molar-refractivity contribution is -0.686. The van der Waals surface area contributed by atoms with Crippen LogP contribution in [0.25, 0.3) is 17.3 Å². The van der Waals surface area contributed by atoms with Gasteiger partial charge in [0.2, 0.25) is 5.69 Å². The van der Waals surface area contributed by atoms with Crippen molar-refractivity contribution in [1.82, 2.24) is 0 Å². The lowest BCUT2D eigenvalue weighted by atomic mass is 9.79. The molecule has 0 saturated heterocycles. The summed E-state index contributed by atoms with van der Waals surface area (Å²) in [6.45, 7) is 9.14. The highest BCUT2D eigenvalue weighted by Crippen LogP contribution is 2.41. The second-order valence-corrected chi connectivity index (χ2v) is 9.34. The summed E-state index contributed by atoms with van der Waals surface area (Å²) in [5.74, 6) is 0.886. The molecule has 2 aliphatic heterocycles. The van der Waals surface area contributed by atoms with Crippen LogP contribution in [-0.4, -0.2) is 6.54 Å². The van der Waals surface area contributed by atoms with Gasteiger partial charge in [0.15, 0.2) is 6.20 Å². The van der Waals surface area contributed by atoms with Crippen LogP contribution >= 0.6 is 0 Å². The monoisotopic (exact) mass is 409 g/mol. The Labute approximate surface area is 186 Å². The van der Waals surface area contributed by atoms with Gasteiger partial charge in [0.25, 0.3) is 0 Å². The smallest absolute Gasteiger partial charge is 0.213 e. The number of benzene rings is 2. The number of hydrogen-bond donors (Lipinski definition) is 1. The molecular formula is C29H33N2+. The SMILES string of the molecule is CC(C)c1cc2c(c3c1CCNc1ccccc1C=CC3C)-c1cccc[n+]1CCC2. The Kier molecular flexibility index (Phi) is 5.40. The molecule has 0 fully saturated rings. The molecule has 158 valence electrons. The molecule has 0 spiro atoms. The average Bonchev–Trinajstić information content (AvgIpc) is 2.96. The molecule has 0 bridgehead atoms. The van der Waals surface area contributed by atoms with Crippen LogP contribution in [0.5, 0.6) is 0 Å². The predicted octanol–water partition coefficient (Wildman–Crippen LogP) is 6.50. The van der Waals surface area contributed by atoms with Crippen molar-refractivity contribution in [1.29, 1.82) is 0 Å². The van der Waals surface area contributed by atoms with Crippen molar-refractivity contribution < 1.29 is 4.57 Å². The van der Waals surface area contributed by atoms with Gasteiger partial charge in [-0.3, -0.25) is 0 Å². The normalized spacial score (nSPS) is 17.6. The third-order valence-electron chi connectivity index (χ3n) is 6.93. The fraction of sp³-hybridized carbons (Fsp3) is 0.345. The van der Waals surface area contributed by atoms with E-state index >= 15 is 0 Å². The van der Waals surface area contributed by atoms with Gasteiger partial charge in [0.1, 0.15) is 6.54 Å². The van der Waals surface area contributed by atoms with E-state index in [0.29, 0.717) is 11.8 Å². The third-order valence-corrected chi connectivity index (χ3v) is 6.93. The van der Waals surface area contributed by atoms with Crippen LogP contribution in [-0.2, 0) is 19.4 Å². The number of fused-ring (bicyclic) bond motifs is 6. The Morgan fingerprint density at radius 1 is 1.03 bits per heavy atom. The van der Waals surface area contributed by atoms with E-state index in [0.717, 1.165) is 25.9 Å². The highest BCUT2D eigenvalue weighted by molar-refractivity contribution is 5.73. The maximum Gasteiger partial charge on any atom is 0.213 e. The fourth-order valence-corrected chi connectivity index (χ4v) is 5.43. The zero-order valence-corrected chi connectivity index (χ0v) is 19.0. The topological polar surface area (TPSA) is 15.9 Å². The zero-order chi connectivity index (χ0) is 21.4. The summed E-state index contributed by atoms with van der Waals surface area (Å²) < 4.78 is 2.46. The van der Waals surface area contributed by atoms with E-state index in [4.69, 9.17) is 0 Å². The summed E-state index contributed by atoms with van der Waals surface area (Å²) in [6, 6.07) is 17.9. The van der Waals surface area contributed by atoms with Gasteiger partial charge < -0.3 is 5.32 Å². The number of allylic oxidation sites excluding steroid dienone is 1. The molecule has 31 heavy (non-hydrogen) atoms. The first-order chi connectivity index (χ1) is 15.1. The Morgan fingerprint density at radius 2 is 1.87 bits per heavy atom. The number of rotatable bonds is 1. The Bertz CT molecular complexity index is 1140. The lowest BCUT2D eigenvalue weighted by Crippen LogP contribution is -2.35. The van der Waals surface area contributed by atoms with E-state index in [1.807, 2.05) is 0 Å². The van der Waals surface area contributed by atoms with Gasteiger partial charge in [-0.1, -0.05) is 57.2 Å². The van der Waals surface area contributed by atoms with Crippen molar-refractivity contribution in [2.75, 3.05) is 11.9 Å². The Hall–Kier alpha value is -2.87. The summed E-state index contributed by atoms with van der Waals surface area (Å²) in [5.41, 5.74) is 11.5. The molecule has 3 heterocycles. The average molecular weight is 410 g/mol. The molecule has 1 N–H and O–H groups in total. The molecule has 2 aliphatic rings. The highest BCUT2D eigenvalue weighted by Gasteiger charge is 2.29. The van der Waals surface area contributed by atoms with Gasteiger partial charge in [-0.05, 0) is 58.7 Å². The zero-order valence-electron chi connectivity index (χ0n) is 19.0. The molecule has 2 nitrogen and oxygen atoms in total. The van der Waals surface area contributed by atoms with Crippen LogP contribution in [0.2, 0.25) is 0 Å². The number of nitrogens with one attached hydrogen (secondary N) is 1. The molecule has 1 aromatic heterocycles.